The summed E-state index contributed by atoms with van der Waals surface area (Å²) in [5, 5.41) is 15.5. The fourth-order valence-electron chi connectivity index (χ4n) is 3.46. The van der Waals surface area contributed by atoms with E-state index in [1.807, 2.05) is 49.4 Å². The predicted molar refractivity (Wildman–Crippen MR) is 123 cm³/mol. The van der Waals surface area contributed by atoms with Gasteiger partial charge < -0.3 is 23.8 Å². The average Bonchev–Trinajstić information content (AvgIpc) is 3.19. The number of nitrogens with zero attached hydrogens (tertiary/aromatic N) is 1. The number of rotatable bonds is 7. The lowest BCUT2D eigenvalue weighted by molar-refractivity contribution is 0.304. The fraction of sp³-hybridized carbons (Fsp3) is 0.160. The average molecular weight is 452 g/mol. The Bertz CT molecular complexity index is 1250. The molecule has 4 aromatic rings. The molecule has 1 N–H and O–H groups in total. The minimum atomic E-state index is 0.0135. The zero-order valence-corrected chi connectivity index (χ0v) is 18.6. The van der Waals surface area contributed by atoms with Gasteiger partial charge in [0.25, 0.3) is 0 Å². The largest absolute Gasteiger partial charge is 0.507 e. The highest BCUT2D eigenvalue weighted by Gasteiger charge is 2.21. The van der Waals surface area contributed by atoms with Gasteiger partial charge in [-0.05, 0) is 42.8 Å². The van der Waals surface area contributed by atoms with Crippen LogP contribution >= 0.6 is 11.6 Å². The lowest BCUT2D eigenvalue weighted by Gasteiger charge is -2.11. The first-order chi connectivity index (χ1) is 15.5. The van der Waals surface area contributed by atoms with Crippen molar-refractivity contribution in [2.45, 2.75) is 13.5 Å². The number of phenols is 1. The first kappa shape index (κ1) is 21.6. The molecule has 0 atom stereocenters. The van der Waals surface area contributed by atoms with Crippen LogP contribution in [0.25, 0.3) is 22.5 Å². The number of methoxy groups -OCH3 is 2. The Balaban J connectivity index is 1.65. The van der Waals surface area contributed by atoms with Crippen LogP contribution in [0.3, 0.4) is 0 Å². The Labute approximate surface area is 190 Å². The van der Waals surface area contributed by atoms with Crippen molar-refractivity contribution >= 4 is 11.6 Å². The summed E-state index contributed by atoms with van der Waals surface area (Å²) in [6.45, 7) is 2.13. The van der Waals surface area contributed by atoms with Gasteiger partial charge in [0.2, 0.25) is 0 Å². The maximum absolute atomic E-state index is 10.7. The summed E-state index contributed by atoms with van der Waals surface area (Å²) in [6, 6.07) is 18.1. The molecule has 7 heteroatoms. The Hall–Kier alpha value is -3.64. The number of aryl methyl sites for hydroxylation is 1. The number of hydrogen-bond donors (Lipinski definition) is 1. The van der Waals surface area contributed by atoms with Crippen LogP contribution in [0.4, 0.5) is 0 Å². The highest BCUT2D eigenvalue weighted by Crippen LogP contribution is 2.42. The molecule has 0 aliphatic rings. The predicted octanol–water partition coefficient (Wildman–Crippen LogP) is 6.27. The van der Waals surface area contributed by atoms with Crippen LogP contribution in [-0.4, -0.2) is 24.5 Å². The summed E-state index contributed by atoms with van der Waals surface area (Å²) in [5.41, 5.74) is 3.63. The molecule has 0 unspecified atom stereocenters. The zero-order chi connectivity index (χ0) is 22.7. The first-order valence-corrected chi connectivity index (χ1v) is 10.3. The number of aromatic nitrogens is 1. The van der Waals surface area contributed by atoms with Gasteiger partial charge in [0.1, 0.15) is 18.1 Å². The number of ether oxygens (including phenoxy) is 3. The molecule has 0 saturated carbocycles. The SMILES string of the molecule is COc1ccc(-c2c(C)noc2-c2ccc(OCc3ccccc3Cl)cc2O)cc1OC. The van der Waals surface area contributed by atoms with E-state index in [2.05, 4.69) is 5.16 Å². The second kappa shape index (κ2) is 9.24. The molecule has 0 bridgehead atoms. The molecule has 0 saturated heterocycles. The van der Waals surface area contributed by atoms with Gasteiger partial charge in [-0.3, -0.25) is 0 Å². The number of aromatic hydroxyl groups is 1. The monoisotopic (exact) mass is 451 g/mol. The molecule has 0 spiro atoms. The van der Waals surface area contributed by atoms with Crippen LogP contribution in [0.1, 0.15) is 11.3 Å². The van der Waals surface area contributed by atoms with Crippen molar-refractivity contribution in [1.82, 2.24) is 5.16 Å². The van der Waals surface area contributed by atoms with Crippen molar-refractivity contribution in [1.29, 1.82) is 0 Å². The van der Waals surface area contributed by atoms with Gasteiger partial charge >= 0.3 is 0 Å². The molecule has 6 nitrogen and oxygen atoms in total. The molecule has 164 valence electrons. The van der Waals surface area contributed by atoms with Gasteiger partial charge in [-0.1, -0.05) is 41.0 Å². The molecule has 0 radical (unpaired) electrons. The van der Waals surface area contributed by atoms with E-state index in [4.69, 9.17) is 30.3 Å². The zero-order valence-electron chi connectivity index (χ0n) is 17.9. The van der Waals surface area contributed by atoms with Crippen molar-refractivity contribution in [2.24, 2.45) is 0 Å². The van der Waals surface area contributed by atoms with E-state index < -0.39 is 0 Å². The van der Waals surface area contributed by atoms with E-state index in [1.165, 1.54) is 0 Å². The molecule has 32 heavy (non-hydrogen) atoms. The van der Waals surface area contributed by atoms with Crippen LogP contribution in [0, 0.1) is 6.92 Å². The maximum Gasteiger partial charge on any atom is 0.178 e. The normalized spacial score (nSPS) is 10.8. The van der Waals surface area contributed by atoms with E-state index in [9.17, 15) is 5.11 Å². The summed E-state index contributed by atoms with van der Waals surface area (Å²) in [6.07, 6.45) is 0. The van der Waals surface area contributed by atoms with Crippen LogP contribution in [0.2, 0.25) is 5.02 Å². The number of phenolic OH excluding ortho intramolecular Hbond substituents is 1. The Morgan fingerprint density at radius 1 is 0.969 bits per heavy atom. The lowest BCUT2D eigenvalue weighted by atomic mass is 9.99. The number of hydrogen-bond acceptors (Lipinski definition) is 6. The summed E-state index contributed by atoms with van der Waals surface area (Å²) < 4.78 is 22.1. The molecular weight excluding hydrogens is 430 g/mol. The van der Waals surface area contributed by atoms with Gasteiger partial charge in [0.05, 0.1) is 31.0 Å². The summed E-state index contributed by atoms with van der Waals surface area (Å²) in [4.78, 5) is 0. The Kier molecular flexibility index (Phi) is 6.23. The standard InChI is InChI=1S/C25H22ClNO5/c1-15-24(16-8-11-22(29-2)23(12-16)30-3)25(32-27-15)19-10-9-18(13-21(19)28)31-14-17-6-4-5-7-20(17)26/h4-13,28H,14H2,1-3H3. The van der Waals surface area contributed by atoms with Crippen molar-refractivity contribution < 1.29 is 23.8 Å². The number of halogens is 1. The molecule has 0 aliphatic heterocycles. The van der Waals surface area contributed by atoms with Crippen molar-refractivity contribution in [3.8, 4) is 45.4 Å². The first-order valence-electron chi connectivity index (χ1n) is 9.90. The van der Waals surface area contributed by atoms with E-state index in [1.54, 1.807) is 32.4 Å². The van der Waals surface area contributed by atoms with E-state index >= 15 is 0 Å². The highest BCUT2D eigenvalue weighted by molar-refractivity contribution is 6.31. The van der Waals surface area contributed by atoms with E-state index in [-0.39, 0.29) is 12.4 Å². The topological polar surface area (TPSA) is 74.0 Å². The minimum Gasteiger partial charge on any atom is -0.507 e. The van der Waals surface area contributed by atoms with Crippen LogP contribution < -0.4 is 14.2 Å². The van der Waals surface area contributed by atoms with Crippen LogP contribution in [0.5, 0.6) is 23.0 Å². The second-order valence-corrected chi connectivity index (χ2v) is 7.51. The van der Waals surface area contributed by atoms with Gasteiger partial charge in [0.15, 0.2) is 17.3 Å². The van der Waals surface area contributed by atoms with Crippen molar-refractivity contribution in [2.75, 3.05) is 14.2 Å². The molecule has 4 rings (SSSR count). The van der Waals surface area contributed by atoms with E-state index in [0.717, 1.165) is 16.7 Å². The third kappa shape index (κ3) is 4.22. The third-order valence-corrected chi connectivity index (χ3v) is 5.47. The lowest BCUT2D eigenvalue weighted by Crippen LogP contribution is -1.96. The Morgan fingerprint density at radius 3 is 2.47 bits per heavy atom. The smallest absolute Gasteiger partial charge is 0.178 e. The van der Waals surface area contributed by atoms with E-state index in [0.29, 0.717) is 39.3 Å². The maximum atomic E-state index is 10.7. The second-order valence-electron chi connectivity index (χ2n) is 7.10. The quantitative estimate of drug-likeness (QED) is 0.357. The van der Waals surface area contributed by atoms with Gasteiger partial charge in [-0.2, -0.15) is 0 Å². The highest BCUT2D eigenvalue weighted by atomic mass is 35.5. The van der Waals surface area contributed by atoms with Crippen LogP contribution in [-0.2, 0) is 6.61 Å². The Morgan fingerprint density at radius 2 is 1.75 bits per heavy atom. The molecule has 0 amide bonds. The number of benzene rings is 3. The molecule has 1 aromatic heterocycles. The fourth-order valence-corrected chi connectivity index (χ4v) is 3.65. The molecular formula is C25H22ClNO5. The summed E-state index contributed by atoms with van der Waals surface area (Å²) in [7, 11) is 3.16. The van der Waals surface area contributed by atoms with Gasteiger partial charge in [-0.15, -0.1) is 0 Å². The van der Waals surface area contributed by atoms with Gasteiger partial charge in [0, 0.05) is 16.7 Å². The third-order valence-electron chi connectivity index (χ3n) is 5.10. The molecule has 0 fully saturated rings. The molecule has 0 aliphatic carbocycles. The van der Waals surface area contributed by atoms with Gasteiger partial charge in [-0.25, -0.2) is 0 Å². The molecule has 3 aromatic carbocycles. The molecule has 1 heterocycles. The minimum absolute atomic E-state index is 0.0135. The van der Waals surface area contributed by atoms with Crippen molar-refractivity contribution in [3.05, 3.63) is 76.9 Å². The summed E-state index contributed by atoms with van der Waals surface area (Å²) >= 11 is 6.18. The van der Waals surface area contributed by atoms with Crippen molar-refractivity contribution in [3.63, 3.8) is 0 Å². The summed E-state index contributed by atoms with van der Waals surface area (Å²) in [5.74, 6) is 2.18. The van der Waals surface area contributed by atoms with Crippen LogP contribution in [0.15, 0.2) is 65.2 Å².